The van der Waals surface area contributed by atoms with Crippen molar-refractivity contribution in [2.75, 3.05) is 7.05 Å². The van der Waals surface area contributed by atoms with Crippen LogP contribution in [0.1, 0.15) is 24.2 Å². The number of halogens is 2. The van der Waals surface area contributed by atoms with Crippen molar-refractivity contribution < 1.29 is 17.2 Å². The molecular formula is C13H15F2N3O2S. The van der Waals surface area contributed by atoms with Crippen LogP contribution in [-0.4, -0.2) is 30.0 Å². The standard InChI is InChI=1S/C13H15F2N3O2S/c1-8-13(7-16-17-8)21(19,20)18(3)9(2)10-4-5-11(14)12(15)6-10/h4-7,9H,1-3H3,(H,16,17). The third kappa shape index (κ3) is 2.81. The molecule has 2 aromatic rings. The highest BCUT2D eigenvalue weighted by molar-refractivity contribution is 7.89. The third-order valence-electron chi connectivity index (χ3n) is 3.41. The molecule has 1 aromatic heterocycles. The van der Waals surface area contributed by atoms with Gasteiger partial charge in [-0.3, -0.25) is 5.10 Å². The molecule has 1 atom stereocenters. The number of H-pyrrole nitrogens is 1. The molecule has 0 spiro atoms. The van der Waals surface area contributed by atoms with Gasteiger partial charge in [-0.15, -0.1) is 0 Å². The Morgan fingerprint density at radius 1 is 1.29 bits per heavy atom. The smallest absolute Gasteiger partial charge is 0.246 e. The van der Waals surface area contributed by atoms with Gasteiger partial charge < -0.3 is 0 Å². The number of aromatic nitrogens is 2. The predicted octanol–water partition coefficient (Wildman–Crippen LogP) is 2.38. The van der Waals surface area contributed by atoms with Gasteiger partial charge in [0, 0.05) is 13.1 Å². The minimum Gasteiger partial charge on any atom is -0.281 e. The molecule has 0 fully saturated rings. The monoisotopic (exact) mass is 315 g/mol. The first-order chi connectivity index (χ1) is 9.75. The van der Waals surface area contributed by atoms with Crippen LogP contribution in [0.2, 0.25) is 0 Å². The van der Waals surface area contributed by atoms with E-state index in [2.05, 4.69) is 10.2 Å². The first-order valence-electron chi connectivity index (χ1n) is 6.18. The van der Waals surface area contributed by atoms with E-state index in [0.717, 1.165) is 16.4 Å². The van der Waals surface area contributed by atoms with Crippen LogP contribution in [-0.2, 0) is 10.0 Å². The van der Waals surface area contributed by atoms with Crippen LogP contribution in [0.4, 0.5) is 8.78 Å². The highest BCUT2D eigenvalue weighted by atomic mass is 32.2. The fourth-order valence-corrected chi connectivity index (χ4v) is 3.41. The van der Waals surface area contributed by atoms with Crippen molar-refractivity contribution in [1.29, 1.82) is 0 Å². The Morgan fingerprint density at radius 2 is 1.95 bits per heavy atom. The number of benzene rings is 1. The zero-order valence-corrected chi connectivity index (χ0v) is 12.6. The van der Waals surface area contributed by atoms with E-state index in [9.17, 15) is 17.2 Å². The Bertz CT molecular complexity index is 759. The van der Waals surface area contributed by atoms with E-state index in [-0.39, 0.29) is 4.90 Å². The molecule has 0 saturated carbocycles. The lowest BCUT2D eigenvalue weighted by Crippen LogP contribution is -2.30. The Morgan fingerprint density at radius 3 is 2.48 bits per heavy atom. The number of nitrogens with zero attached hydrogens (tertiary/aromatic N) is 2. The molecule has 114 valence electrons. The molecule has 0 amide bonds. The molecule has 1 N–H and O–H groups in total. The molecule has 1 unspecified atom stereocenters. The third-order valence-corrected chi connectivity index (χ3v) is 5.45. The summed E-state index contributed by atoms with van der Waals surface area (Å²) in [6.07, 6.45) is 1.22. The zero-order chi connectivity index (χ0) is 15.8. The van der Waals surface area contributed by atoms with E-state index < -0.39 is 27.7 Å². The molecule has 0 aliphatic heterocycles. The lowest BCUT2D eigenvalue weighted by atomic mass is 10.1. The van der Waals surface area contributed by atoms with Crippen LogP contribution in [0.5, 0.6) is 0 Å². The maximum atomic E-state index is 13.3. The van der Waals surface area contributed by atoms with Crippen molar-refractivity contribution in [3.63, 3.8) is 0 Å². The van der Waals surface area contributed by atoms with Gasteiger partial charge in [0.25, 0.3) is 0 Å². The van der Waals surface area contributed by atoms with Crippen LogP contribution in [0.15, 0.2) is 29.3 Å². The number of aromatic amines is 1. The highest BCUT2D eigenvalue weighted by Crippen LogP contribution is 2.27. The van der Waals surface area contributed by atoms with Crippen LogP contribution in [0.3, 0.4) is 0 Å². The van der Waals surface area contributed by atoms with E-state index in [0.29, 0.717) is 11.3 Å². The molecule has 1 heterocycles. The average Bonchev–Trinajstić information content (AvgIpc) is 2.87. The van der Waals surface area contributed by atoms with Crippen LogP contribution < -0.4 is 0 Å². The number of hydrogen-bond donors (Lipinski definition) is 1. The Kier molecular flexibility index (Phi) is 4.11. The molecule has 0 aliphatic rings. The minimum absolute atomic E-state index is 0.0550. The van der Waals surface area contributed by atoms with Crippen LogP contribution in [0, 0.1) is 18.6 Å². The Labute approximate surface area is 121 Å². The minimum atomic E-state index is -3.77. The summed E-state index contributed by atoms with van der Waals surface area (Å²) in [6.45, 7) is 3.19. The van der Waals surface area contributed by atoms with Crippen molar-refractivity contribution in [2.45, 2.75) is 24.8 Å². The number of hydrogen-bond acceptors (Lipinski definition) is 3. The molecule has 21 heavy (non-hydrogen) atoms. The molecule has 1 aromatic carbocycles. The van der Waals surface area contributed by atoms with Gasteiger partial charge in [-0.2, -0.15) is 9.40 Å². The normalized spacial score (nSPS) is 13.6. The molecule has 8 heteroatoms. The van der Waals surface area contributed by atoms with Gasteiger partial charge in [0.05, 0.1) is 11.9 Å². The summed E-state index contributed by atoms with van der Waals surface area (Å²) in [5, 5.41) is 6.25. The zero-order valence-electron chi connectivity index (χ0n) is 11.8. The summed E-state index contributed by atoms with van der Waals surface area (Å²) in [4.78, 5) is 0.0550. The van der Waals surface area contributed by atoms with Gasteiger partial charge in [0.2, 0.25) is 10.0 Å². The van der Waals surface area contributed by atoms with E-state index in [1.165, 1.54) is 19.3 Å². The van der Waals surface area contributed by atoms with Crippen molar-refractivity contribution in [3.05, 3.63) is 47.3 Å². The lowest BCUT2D eigenvalue weighted by Gasteiger charge is -2.24. The number of rotatable bonds is 4. The second kappa shape index (κ2) is 5.53. The molecule has 0 radical (unpaired) electrons. The van der Waals surface area contributed by atoms with Crippen molar-refractivity contribution in [2.24, 2.45) is 0 Å². The number of aryl methyl sites for hydroxylation is 1. The quantitative estimate of drug-likeness (QED) is 0.942. The average molecular weight is 315 g/mol. The van der Waals surface area contributed by atoms with Gasteiger partial charge in [0.1, 0.15) is 4.90 Å². The summed E-state index contributed by atoms with van der Waals surface area (Å²) >= 11 is 0. The number of sulfonamides is 1. The van der Waals surface area contributed by atoms with Gasteiger partial charge in [-0.05, 0) is 31.5 Å². The van der Waals surface area contributed by atoms with E-state index in [1.54, 1.807) is 13.8 Å². The largest absolute Gasteiger partial charge is 0.281 e. The maximum Gasteiger partial charge on any atom is 0.246 e. The maximum absolute atomic E-state index is 13.3. The van der Waals surface area contributed by atoms with Gasteiger partial charge >= 0.3 is 0 Å². The summed E-state index contributed by atoms with van der Waals surface area (Å²) in [7, 11) is -2.39. The molecule has 2 rings (SSSR count). The summed E-state index contributed by atoms with van der Waals surface area (Å²) in [5.41, 5.74) is 0.778. The van der Waals surface area contributed by atoms with Crippen molar-refractivity contribution in [1.82, 2.24) is 14.5 Å². The van der Waals surface area contributed by atoms with Crippen LogP contribution >= 0.6 is 0 Å². The lowest BCUT2D eigenvalue weighted by molar-refractivity contribution is 0.395. The highest BCUT2D eigenvalue weighted by Gasteiger charge is 2.29. The van der Waals surface area contributed by atoms with E-state index in [1.807, 2.05) is 0 Å². The van der Waals surface area contributed by atoms with Crippen LogP contribution in [0.25, 0.3) is 0 Å². The summed E-state index contributed by atoms with van der Waals surface area (Å²) in [6, 6.07) is 2.68. The summed E-state index contributed by atoms with van der Waals surface area (Å²) < 4.78 is 52.3. The number of nitrogens with one attached hydrogen (secondary N) is 1. The van der Waals surface area contributed by atoms with Gasteiger partial charge in [-0.1, -0.05) is 6.07 Å². The molecule has 0 bridgehead atoms. The topological polar surface area (TPSA) is 66.1 Å². The second-order valence-electron chi connectivity index (χ2n) is 4.73. The molecule has 0 saturated heterocycles. The SMILES string of the molecule is Cc1[nH]ncc1S(=O)(=O)N(C)C(C)c1ccc(F)c(F)c1. The van der Waals surface area contributed by atoms with E-state index >= 15 is 0 Å². The van der Waals surface area contributed by atoms with Gasteiger partial charge in [0.15, 0.2) is 11.6 Å². The fraction of sp³-hybridized carbons (Fsp3) is 0.308. The Hall–Kier alpha value is -1.80. The predicted molar refractivity (Wildman–Crippen MR) is 73.0 cm³/mol. The van der Waals surface area contributed by atoms with Gasteiger partial charge in [-0.25, -0.2) is 17.2 Å². The van der Waals surface area contributed by atoms with Crippen molar-refractivity contribution >= 4 is 10.0 Å². The molecule has 0 aliphatic carbocycles. The van der Waals surface area contributed by atoms with E-state index in [4.69, 9.17) is 0 Å². The molecule has 5 nitrogen and oxygen atoms in total. The molecular weight excluding hydrogens is 300 g/mol. The first-order valence-corrected chi connectivity index (χ1v) is 7.62. The summed E-state index contributed by atoms with van der Waals surface area (Å²) in [5.74, 6) is -1.98. The Balaban J connectivity index is 2.37. The second-order valence-corrected chi connectivity index (χ2v) is 6.70. The van der Waals surface area contributed by atoms with Crippen molar-refractivity contribution in [3.8, 4) is 0 Å². The fourth-order valence-electron chi connectivity index (χ4n) is 1.95. The first kappa shape index (κ1) is 15.6.